The van der Waals surface area contributed by atoms with Crippen molar-refractivity contribution in [1.29, 1.82) is 0 Å². The van der Waals surface area contributed by atoms with Crippen LogP contribution in [0, 0.1) is 12.8 Å². The molecule has 0 bridgehead atoms. The van der Waals surface area contributed by atoms with Crippen LogP contribution in [0.4, 0.5) is 0 Å². The van der Waals surface area contributed by atoms with Crippen molar-refractivity contribution in [2.24, 2.45) is 5.92 Å². The summed E-state index contributed by atoms with van der Waals surface area (Å²) in [7, 11) is 2.23. The van der Waals surface area contributed by atoms with Gasteiger partial charge in [-0.1, -0.05) is 24.3 Å². The zero-order chi connectivity index (χ0) is 11.4. The van der Waals surface area contributed by atoms with Crippen LogP contribution in [0.5, 0.6) is 0 Å². The van der Waals surface area contributed by atoms with Gasteiger partial charge in [0, 0.05) is 26.2 Å². The maximum Gasteiger partial charge on any atom is 0.00311 e. The average molecular weight is 218 g/mol. The maximum absolute atomic E-state index is 3.32. The highest BCUT2D eigenvalue weighted by atomic mass is 15.1. The van der Waals surface area contributed by atoms with Crippen molar-refractivity contribution in [3.63, 3.8) is 0 Å². The van der Waals surface area contributed by atoms with Gasteiger partial charge in [0.25, 0.3) is 0 Å². The minimum absolute atomic E-state index is 0.877. The zero-order valence-corrected chi connectivity index (χ0v) is 10.4. The van der Waals surface area contributed by atoms with Crippen molar-refractivity contribution < 1.29 is 0 Å². The van der Waals surface area contributed by atoms with Crippen LogP contribution in [0.1, 0.15) is 11.1 Å². The molecule has 1 N–H and O–H groups in total. The molecule has 1 aromatic carbocycles. The van der Waals surface area contributed by atoms with E-state index in [9.17, 15) is 0 Å². The number of hydrogen-bond donors (Lipinski definition) is 1. The summed E-state index contributed by atoms with van der Waals surface area (Å²) in [5.74, 6) is 0.877. The van der Waals surface area contributed by atoms with Gasteiger partial charge < -0.3 is 10.2 Å². The standard InChI is InChI=1S/C14H22N2/c1-12-5-3-4-6-14(12)7-8-16(2)11-13-9-15-10-13/h3-6,13,15H,7-11H2,1-2H3. The molecule has 16 heavy (non-hydrogen) atoms. The molecule has 1 heterocycles. The molecule has 0 atom stereocenters. The summed E-state index contributed by atoms with van der Waals surface area (Å²) in [5.41, 5.74) is 2.90. The van der Waals surface area contributed by atoms with E-state index in [0.717, 1.165) is 5.92 Å². The highest BCUT2D eigenvalue weighted by Gasteiger charge is 2.17. The average Bonchev–Trinajstić information content (AvgIpc) is 2.22. The minimum atomic E-state index is 0.877. The fourth-order valence-electron chi connectivity index (χ4n) is 2.21. The highest BCUT2D eigenvalue weighted by Crippen LogP contribution is 2.09. The first-order chi connectivity index (χ1) is 7.75. The number of likely N-dealkylation sites (N-methyl/N-ethyl adjacent to an activating group) is 1. The molecule has 1 fully saturated rings. The summed E-state index contributed by atoms with van der Waals surface area (Å²) in [4.78, 5) is 2.46. The molecule has 0 saturated carbocycles. The van der Waals surface area contributed by atoms with Crippen LogP contribution in [0.15, 0.2) is 24.3 Å². The molecule has 0 unspecified atom stereocenters. The summed E-state index contributed by atoms with van der Waals surface area (Å²) >= 11 is 0. The van der Waals surface area contributed by atoms with Gasteiger partial charge in [0.05, 0.1) is 0 Å². The molecule has 2 heteroatoms. The monoisotopic (exact) mass is 218 g/mol. The van der Waals surface area contributed by atoms with E-state index in [4.69, 9.17) is 0 Å². The molecule has 0 spiro atoms. The van der Waals surface area contributed by atoms with Gasteiger partial charge in [0.15, 0.2) is 0 Å². The second-order valence-corrected chi connectivity index (χ2v) is 4.96. The molecule has 0 aliphatic carbocycles. The van der Waals surface area contributed by atoms with E-state index in [2.05, 4.69) is 48.5 Å². The van der Waals surface area contributed by atoms with Gasteiger partial charge in [-0.2, -0.15) is 0 Å². The molecule has 0 radical (unpaired) electrons. The smallest absolute Gasteiger partial charge is 0.00311 e. The summed E-state index contributed by atoms with van der Waals surface area (Å²) in [6.07, 6.45) is 1.17. The van der Waals surface area contributed by atoms with Crippen LogP contribution < -0.4 is 5.32 Å². The number of benzene rings is 1. The third-order valence-electron chi connectivity index (χ3n) is 3.46. The normalized spacial score (nSPS) is 16.4. The lowest BCUT2D eigenvalue weighted by Gasteiger charge is -2.31. The molecule has 2 rings (SSSR count). The van der Waals surface area contributed by atoms with Gasteiger partial charge in [-0.3, -0.25) is 0 Å². The number of aryl methyl sites for hydroxylation is 1. The number of nitrogens with zero attached hydrogens (tertiary/aromatic N) is 1. The van der Waals surface area contributed by atoms with Crippen LogP contribution in [-0.4, -0.2) is 38.1 Å². The van der Waals surface area contributed by atoms with Crippen molar-refractivity contribution in [3.05, 3.63) is 35.4 Å². The number of hydrogen-bond acceptors (Lipinski definition) is 2. The highest BCUT2D eigenvalue weighted by molar-refractivity contribution is 5.25. The predicted molar refractivity (Wildman–Crippen MR) is 68.7 cm³/mol. The fourth-order valence-corrected chi connectivity index (χ4v) is 2.21. The van der Waals surface area contributed by atoms with Crippen LogP contribution >= 0.6 is 0 Å². The van der Waals surface area contributed by atoms with Crippen LogP contribution in [0.25, 0.3) is 0 Å². The van der Waals surface area contributed by atoms with Gasteiger partial charge in [-0.25, -0.2) is 0 Å². The molecule has 0 aromatic heterocycles. The Balaban J connectivity index is 1.75. The summed E-state index contributed by atoms with van der Waals surface area (Å²) in [6.45, 7) is 7.01. The van der Waals surface area contributed by atoms with Crippen molar-refractivity contribution in [3.8, 4) is 0 Å². The van der Waals surface area contributed by atoms with E-state index in [-0.39, 0.29) is 0 Å². The molecule has 1 aliphatic heterocycles. The van der Waals surface area contributed by atoms with E-state index in [0.29, 0.717) is 0 Å². The first-order valence-corrected chi connectivity index (χ1v) is 6.19. The van der Waals surface area contributed by atoms with E-state index >= 15 is 0 Å². The third-order valence-corrected chi connectivity index (χ3v) is 3.46. The Hall–Kier alpha value is -0.860. The Morgan fingerprint density at radius 3 is 2.69 bits per heavy atom. The fraction of sp³-hybridized carbons (Fsp3) is 0.571. The lowest BCUT2D eigenvalue weighted by Crippen LogP contribution is -2.47. The third kappa shape index (κ3) is 3.06. The first-order valence-electron chi connectivity index (χ1n) is 6.19. The van der Waals surface area contributed by atoms with Crippen LogP contribution in [0.3, 0.4) is 0 Å². The Bertz CT molecular complexity index is 331. The van der Waals surface area contributed by atoms with Crippen molar-refractivity contribution in [1.82, 2.24) is 10.2 Å². The maximum atomic E-state index is 3.32. The lowest BCUT2D eigenvalue weighted by molar-refractivity contribution is 0.226. The van der Waals surface area contributed by atoms with Gasteiger partial charge in [-0.05, 0) is 37.4 Å². The van der Waals surface area contributed by atoms with Crippen LogP contribution in [0.2, 0.25) is 0 Å². The number of nitrogens with one attached hydrogen (secondary N) is 1. The van der Waals surface area contributed by atoms with Gasteiger partial charge in [0.2, 0.25) is 0 Å². The van der Waals surface area contributed by atoms with E-state index < -0.39 is 0 Å². The van der Waals surface area contributed by atoms with Crippen LogP contribution in [-0.2, 0) is 6.42 Å². The van der Waals surface area contributed by atoms with Gasteiger partial charge in [-0.15, -0.1) is 0 Å². The summed E-state index contributed by atoms with van der Waals surface area (Å²) < 4.78 is 0. The molecule has 1 aromatic rings. The molecular weight excluding hydrogens is 196 g/mol. The number of rotatable bonds is 5. The largest absolute Gasteiger partial charge is 0.316 e. The van der Waals surface area contributed by atoms with Gasteiger partial charge >= 0.3 is 0 Å². The Labute approximate surface area is 98.7 Å². The SMILES string of the molecule is Cc1ccccc1CCN(C)CC1CNC1. The second-order valence-electron chi connectivity index (χ2n) is 4.96. The van der Waals surface area contributed by atoms with Crippen molar-refractivity contribution in [2.75, 3.05) is 33.2 Å². The second kappa shape index (κ2) is 5.46. The molecular formula is C14H22N2. The Kier molecular flexibility index (Phi) is 3.97. The summed E-state index contributed by atoms with van der Waals surface area (Å²) in [6, 6.07) is 8.69. The topological polar surface area (TPSA) is 15.3 Å². The minimum Gasteiger partial charge on any atom is -0.316 e. The van der Waals surface area contributed by atoms with E-state index in [1.807, 2.05) is 0 Å². The molecule has 2 nitrogen and oxygen atoms in total. The van der Waals surface area contributed by atoms with E-state index in [1.54, 1.807) is 0 Å². The molecule has 0 amide bonds. The van der Waals surface area contributed by atoms with Crippen molar-refractivity contribution in [2.45, 2.75) is 13.3 Å². The predicted octanol–water partition coefficient (Wildman–Crippen LogP) is 1.69. The quantitative estimate of drug-likeness (QED) is 0.809. The molecule has 1 aliphatic rings. The summed E-state index contributed by atoms with van der Waals surface area (Å²) in [5, 5.41) is 3.32. The van der Waals surface area contributed by atoms with E-state index in [1.165, 1.54) is 43.7 Å². The van der Waals surface area contributed by atoms with Crippen molar-refractivity contribution >= 4 is 0 Å². The molecule has 88 valence electrons. The molecule has 1 saturated heterocycles. The Morgan fingerprint density at radius 1 is 1.31 bits per heavy atom. The lowest BCUT2D eigenvalue weighted by atomic mass is 10.0. The Morgan fingerprint density at radius 2 is 2.06 bits per heavy atom. The van der Waals surface area contributed by atoms with Gasteiger partial charge in [0.1, 0.15) is 0 Å². The first kappa shape index (κ1) is 11.6. The zero-order valence-electron chi connectivity index (χ0n) is 10.4.